The fourth-order valence-corrected chi connectivity index (χ4v) is 4.36. The second-order valence-electron chi connectivity index (χ2n) is 6.64. The Labute approximate surface area is 155 Å². The zero-order chi connectivity index (χ0) is 18.7. The minimum atomic E-state index is -0.107. The molecule has 0 N–H and O–H groups in total. The van der Waals surface area contributed by atoms with E-state index in [1.807, 2.05) is 26.0 Å². The number of aliphatic imine (C=N–C) groups is 1. The number of pyridine rings is 1. The van der Waals surface area contributed by atoms with Gasteiger partial charge in [0.25, 0.3) is 0 Å². The summed E-state index contributed by atoms with van der Waals surface area (Å²) < 4.78 is 14.7. The van der Waals surface area contributed by atoms with Crippen LogP contribution < -0.4 is 4.90 Å². The lowest BCUT2D eigenvalue weighted by Crippen LogP contribution is -2.29. The van der Waals surface area contributed by atoms with Crippen molar-refractivity contribution in [3.05, 3.63) is 54.0 Å². The molecule has 2 heterocycles. The van der Waals surface area contributed by atoms with Crippen molar-refractivity contribution in [1.29, 1.82) is 0 Å². The van der Waals surface area contributed by atoms with E-state index in [4.69, 9.17) is 0 Å². The first-order chi connectivity index (χ1) is 12.7. The summed E-state index contributed by atoms with van der Waals surface area (Å²) in [4.78, 5) is 10.8. The van der Waals surface area contributed by atoms with E-state index in [1.54, 1.807) is 24.4 Å². The smallest absolute Gasteiger partial charge is 0.159 e. The molecule has 0 atom stereocenters. The molecule has 1 saturated carbocycles. The zero-order valence-electron chi connectivity index (χ0n) is 15.6. The van der Waals surface area contributed by atoms with Crippen molar-refractivity contribution in [2.24, 2.45) is 4.99 Å². The van der Waals surface area contributed by atoms with Crippen LogP contribution in [0.1, 0.15) is 50.7 Å². The van der Waals surface area contributed by atoms with Crippen LogP contribution in [0, 0.1) is 5.82 Å². The first-order valence-corrected chi connectivity index (χ1v) is 9.35. The maximum absolute atomic E-state index is 14.7. The fourth-order valence-electron chi connectivity index (χ4n) is 4.36. The SMILES string of the molecule is C=Cc1ccnc(N2CC3(CCCC3)c3c(F)cccc32)c1N=C.CC. The Morgan fingerprint density at radius 3 is 2.62 bits per heavy atom. The summed E-state index contributed by atoms with van der Waals surface area (Å²) in [6.07, 6.45) is 7.84. The topological polar surface area (TPSA) is 28.5 Å². The molecule has 26 heavy (non-hydrogen) atoms. The standard InChI is InChI=1S/C20H20FN3.C2H6/c1-3-14-9-12-23-19(18(14)22-2)24-13-20(10-4-5-11-20)17-15(21)7-6-8-16(17)24;1-2/h3,6-9,12H,1-2,4-5,10-11,13H2;1-2H3. The number of benzene rings is 1. The summed E-state index contributed by atoms with van der Waals surface area (Å²) in [6, 6.07) is 7.20. The van der Waals surface area contributed by atoms with Crippen LogP contribution in [0.4, 0.5) is 21.6 Å². The van der Waals surface area contributed by atoms with Crippen molar-refractivity contribution >= 4 is 30.0 Å². The van der Waals surface area contributed by atoms with Gasteiger partial charge < -0.3 is 4.90 Å². The van der Waals surface area contributed by atoms with Crippen LogP contribution in [0.2, 0.25) is 0 Å². The predicted octanol–water partition coefficient (Wildman–Crippen LogP) is 6.19. The van der Waals surface area contributed by atoms with Crippen molar-refractivity contribution in [2.45, 2.75) is 44.9 Å². The van der Waals surface area contributed by atoms with Gasteiger partial charge in [-0.3, -0.25) is 4.99 Å². The summed E-state index contributed by atoms with van der Waals surface area (Å²) in [5.41, 5.74) is 3.25. The van der Waals surface area contributed by atoms with Crippen molar-refractivity contribution in [3.63, 3.8) is 0 Å². The van der Waals surface area contributed by atoms with Gasteiger partial charge in [-0.25, -0.2) is 9.37 Å². The summed E-state index contributed by atoms with van der Waals surface area (Å²) in [7, 11) is 0. The number of rotatable bonds is 3. The Kier molecular flexibility index (Phi) is 5.21. The molecule has 0 saturated heterocycles. The van der Waals surface area contributed by atoms with E-state index < -0.39 is 0 Å². The van der Waals surface area contributed by atoms with E-state index in [0.717, 1.165) is 54.9 Å². The normalized spacial score (nSPS) is 16.8. The third-order valence-corrected chi connectivity index (χ3v) is 5.40. The van der Waals surface area contributed by atoms with E-state index in [2.05, 4.69) is 28.2 Å². The molecule has 4 heteroatoms. The van der Waals surface area contributed by atoms with E-state index in [-0.39, 0.29) is 11.2 Å². The average molecular weight is 351 g/mol. The quantitative estimate of drug-likeness (QED) is 0.617. The van der Waals surface area contributed by atoms with E-state index in [9.17, 15) is 4.39 Å². The Morgan fingerprint density at radius 1 is 1.23 bits per heavy atom. The van der Waals surface area contributed by atoms with Crippen LogP contribution >= 0.6 is 0 Å². The molecule has 0 amide bonds. The molecule has 3 nitrogen and oxygen atoms in total. The minimum absolute atomic E-state index is 0.106. The summed E-state index contributed by atoms with van der Waals surface area (Å²) in [5, 5.41) is 0. The van der Waals surface area contributed by atoms with Gasteiger partial charge in [-0.05, 0) is 37.8 Å². The number of hydrogen-bond acceptors (Lipinski definition) is 3. The van der Waals surface area contributed by atoms with Crippen molar-refractivity contribution < 1.29 is 4.39 Å². The highest BCUT2D eigenvalue weighted by molar-refractivity contribution is 5.82. The van der Waals surface area contributed by atoms with E-state index in [1.165, 1.54) is 0 Å². The molecule has 1 aromatic carbocycles. The molecule has 1 aliphatic carbocycles. The molecule has 1 aliphatic heterocycles. The van der Waals surface area contributed by atoms with E-state index in [0.29, 0.717) is 5.69 Å². The Balaban J connectivity index is 0.000000948. The maximum Gasteiger partial charge on any atom is 0.159 e. The first-order valence-electron chi connectivity index (χ1n) is 9.35. The molecule has 2 aliphatic rings. The molecule has 0 radical (unpaired) electrons. The van der Waals surface area contributed by atoms with Crippen LogP contribution in [0.25, 0.3) is 6.08 Å². The second-order valence-corrected chi connectivity index (χ2v) is 6.64. The van der Waals surface area contributed by atoms with Gasteiger partial charge >= 0.3 is 0 Å². The van der Waals surface area contributed by atoms with Crippen molar-refractivity contribution in [1.82, 2.24) is 4.98 Å². The van der Waals surface area contributed by atoms with Crippen molar-refractivity contribution in [2.75, 3.05) is 11.4 Å². The maximum atomic E-state index is 14.7. The second kappa shape index (κ2) is 7.40. The monoisotopic (exact) mass is 351 g/mol. The first kappa shape index (κ1) is 18.3. The minimum Gasteiger partial charge on any atom is -0.323 e. The van der Waals surface area contributed by atoms with Gasteiger partial charge in [-0.1, -0.05) is 45.4 Å². The molecule has 1 aromatic heterocycles. The van der Waals surface area contributed by atoms with Gasteiger partial charge in [0.2, 0.25) is 0 Å². The summed E-state index contributed by atoms with van der Waals surface area (Å²) in [6.45, 7) is 12.3. The Hall–Kier alpha value is -2.49. The largest absolute Gasteiger partial charge is 0.323 e. The average Bonchev–Trinajstić information content (AvgIpc) is 3.29. The lowest BCUT2D eigenvalue weighted by molar-refractivity contribution is 0.451. The number of aromatic nitrogens is 1. The van der Waals surface area contributed by atoms with Gasteiger partial charge in [-0.2, -0.15) is 0 Å². The lowest BCUT2D eigenvalue weighted by atomic mass is 9.80. The molecule has 2 aromatic rings. The molecule has 1 fully saturated rings. The van der Waals surface area contributed by atoms with Gasteiger partial charge in [0, 0.05) is 35.0 Å². The third-order valence-electron chi connectivity index (χ3n) is 5.40. The lowest BCUT2D eigenvalue weighted by Gasteiger charge is -2.26. The van der Waals surface area contributed by atoms with Gasteiger partial charge in [0.1, 0.15) is 11.5 Å². The molecular weight excluding hydrogens is 325 g/mol. The summed E-state index contributed by atoms with van der Waals surface area (Å²) >= 11 is 0. The third kappa shape index (κ3) is 2.74. The van der Waals surface area contributed by atoms with Crippen LogP contribution in [0.15, 0.2) is 42.0 Å². The van der Waals surface area contributed by atoms with Crippen molar-refractivity contribution in [3.8, 4) is 0 Å². The highest BCUT2D eigenvalue weighted by atomic mass is 19.1. The molecule has 1 spiro atoms. The number of halogens is 1. The van der Waals surface area contributed by atoms with Crippen LogP contribution in [-0.4, -0.2) is 18.2 Å². The van der Waals surface area contributed by atoms with Gasteiger partial charge in [0.15, 0.2) is 5.82 Å². The molecule has 136 valence electrons. The number of fused-ring (bicyclic) bond motifs is 2. The highest BCUT2D eigenvalue weighted by Gasteiger charge is 2.47. The summed E-state index contributed by atoms with van der Waals surface area (Å²) in [5.74, 6) is 0.628. The highest BCUT2D eigenvalue weighted by Crippen LogP contribution is 2.54. The number of nitrogens with zero attached hydrogens (tertiary/aromatic N) is 3. The van der Waals surface area contributed by atoms with Crippen LogP contribution in [-0.2, 0) is 5.41 Å². The molecule has 0 unspecified atom stereocenters. The molecular formula is C22H26FN3. The molecule has 0 bridgehead atoms. The van der Waals surface area contributed by atoms with Crippen LogP contribution in [0.5, 0.6) is 0 Å². The Morgan fingerprint density at radius 2 is 1.96 bits per heavy atom. The number of hydrogen-bond donors (Lipinski definition) is 0. The van der Waals surface area contributed by atoms with Gasteiger partial charge in [-0.15, -0.1) is 0 Å². The molecule has 4 rings (SSSR count). The predicted molar refractivity (Wildman–Crippen MR) is 108 cm³/mol. The number of anilines is 2. The van der Waals surface area contributed by atoms with E-state index >= 15 is 0 Å². The van der Waals surface area contributed by atoms with Gasteiger partial charge in [0.05, 0.1) is 0 Å². The zero-order valence-corrected chi connectivity index (χ0v) is 15.6. The fraction of sp³-hybridized carbons (Fsp3) is 0.364. The van der Waals surface area contributed by atoms with Crippen LogP contribution in [0.3, 0.4) is 0 Å². The Bertz CT molecular complexity index is 822.